The molecule has 1 unspecified atom stereocenters. The van der Waals surface area contributed by atoms with Crippen molar-refractivity contribution in [1.82, 2.24) is 10.3 Å². The van der Waals surface area contributed by atoms with Crippen molar-refractivity contribution in [2.24, 2.45) is 0 Å². The zero-order chi connectivity index (χ0) is 14.1. The molecule has 1 N–H and O–H groups in total. The van der Waals surface area contributed by atoms with Crippen LogP contribution < -0.4 is 10.2 Å². The highest BCUT2D eigenvalue weighted by molar-refractivity contribution is 6.00. The number of likely N-dealkylation sites (N-methyl/N-ethyl adjacent to an activating group) is 1. The van der Waals surface area contributed by atoms with E-state index in [4.69, 9.17) is 0 Å². The van der Waals surface area contributed by atoms with Crippen LogP contribution in [0.5, 0.6) is 0 Å². The van der Waals surface area contributed by atoms with Crippen LogP contribution in [0.15, 0.2) is 42.7 Å². The lowest BCUT2D eigenvalue weighted by Gasteiger charge is -2.18. The molecule has 102 valence electrons. The minimum absolute atomic E-state index is 0.115. The van der Waals surface area contributed by atoms with Gasteiger partial charge in [-0.2, -0.15) is 0 Å². The molecule has 4 nitrogen and oxygen atoms in total. The van der Waals surface area contributed by atoms with E-state index in [1.165, 1.54) is 11.1 Å². The standard InChI is InChI=1S/C16H17N3O/c1-17-16(11-5-7-18-8-6-11)12-3-4-14-13(9-12)10-15(20)19(14)2/h3-9,16-17H,10H2,1-2H3. The summed E-state index contributed by atoms with van der Waals surface area (Å²) < 4.78 is 0. The summed E-state index contributed by atoms with van der Waals surface area (Å²) in [5.41, 5.74) is 4.45. The highest BCUT2D eigenvalue weighted by Crippen LogP contribution is 2.31. The Morgan fingerprint density at radius 3 is 2.65 bits per heavy atom. The monoisotopic (exact) mass is 267 g/mol. The van der Waals surface area contributed by atoms with E-state index >= 15 is 0 Å². The van der Waals surface area contributed by atoms with Crippen LogP contribution in [0.2, 0.25) is 0 Å². The molecule has 1 aromatic carbocycles. The van der Waals surface area contributed by atoms with E-state index in [1.807, 2.05) is 32.3 Å². The average Bonchev–Trinajstić information content (AvgIpc) is 2.76. The van der Waals surface area contributed by atoms with Gasteiger partial charge in [0.2, 0.25) is 5.91 Å². The van der Waals surface area contributed by atoms with Crippen molar-refractivity contribution in [1.29, 1.82) is 0 Å². The Morgan fingerprint density at radius 1 is 1.20 bits per heavy atom. The first-order chi connectivity index (χ1) is 9.70. The lowest BCUT2D eigenvalue weighted by Crippen LogP contribution is -2.20. The van der Waals surface area contributed by atoms with E-state index < -0.39 is 0 Å². The molecule has 4 heteroatoms. The Morgan fingerprint density at radius 2 is 1.95 bits per heavy atom. The second kappa shape index (κ2) is 5.06. The van der Waals surface area contributed by atoms with E-state index in [0.29, 0.717) is 6.42 Å². The third kappa shape index (κ3) is 2.08. The van der Waals surface area contributed by atoms with E-state index in [-0.39, 0.29) is 11.9 Å². The maximum Gasteiger partial charge on any atom is 0.231 e. The van der Waals surface area contributed by atoms with Gasteiger partial charge in [-0.05, 0) is 41.9 Å². The van der Waals surface area contributed by atoms with Crippen molar-refractivity contribution in [2.45, 2.75) is 12.5 Å². The van der Waals surface area contributed by atoms with Gasteiger partial charge in [-0.25, -0.2) is 0 Å². The first-order valence-electron chi connectivity index (χ1n) is 6.67. The summed E-state index contributed by atoms with van der Waals surface area (Å²) in [5, 5.41) is 3.32. The van der Waals surface area contributed by atoms with Crippen LogP contribution in [-0.2, 0) is 11.2 Å². The smallest absolute Gasteiger partial charge is 0.231 e. The number of pyridine rings is 1. The molecular formula is C16H17N3O. The Labute approximate surface area is 118 Å². The number of anilines is 1. The molecule has 0 radical (unpaired) electrons. The second-order valence-corrected chi connectivity index (χ2v) is 5.02. The number of carbonyl (C=O) groups excluding carboxylic acids is 1. The number of nitrogens with one attached hydrogen (secondary N) is 1. The summed E-state index contributed by atoms with van der Waals surface area (Å²) in [4.78, 5) is 17.5. The summed E-state index contributed by atoms with van der Waals surface area (Å²) in [6.45, 7) is 0. The van der Waals surface area contributed by atoms with Gasteiger partial charge in [-0.15, -0.1) is 0 Å². The molecule has 2 heterocycles. The molecule has 20 heavy (non-hydrogen) atoms. The number of carbonyl (C=O) groups is 1. The van der Waals surface area contributed by atoms with Gasteiger partial charge in [0, 0.05) is 25.1 Å². The van der Waals surface area contributed by atoms with Crippen LogP contribution in [0.1, 0.15) is 22.7 Å². The summed E-state index contributed by atoms with van der Waals surface area (Å²) in [6, 6.07) is 10.4. The van der Waals surface area contributed by atoms with Gasteiger partial charge < -0.3 is 10.2 Å². The van der Waals surface area contributed by atoms with Crippen LogP contribution in [0.3, 0.4) is 0 Å². The molecule has 0 saturated heterocycles. The quantitative estimate of drug-likeness (QED) is 0.924. The minimum Gasteiger partial charge on any atom is -0.315 e. The third-order valence-corrected chi connectivity index (χ3v) is 3.84. The van der Waals surface area contributed by atoms with Gasteiger partial charge in [-0.3, -0.25) is 9.78 Å². The summed E-state index contributed by atoms with van der Waals surface area (Å²) in [5.74, 6) is 0.155. The number of amides is 1. The van der Waals surface area contributed by atoms with Crippen molar-refractivity contribution in [2.75, 3.05) is 19.0 Å². The van der Waals surface area contributed by atoms with Gasteiger partial charge in [0.15, 0.2) is 0 Å². The van der Waals surface area contributed by atoms with Crippen molar-refractivity contribution in [3.05, 3.63) is 59.4 Å². The largest absolute Gasteiger partial charge is 0.315 e. The minimum atomic E-state index is 0.115. The maximum absolute atomic E-state index is 11.8. The SMILES string of the molecule is CNC(c1ccncc1)c1ccc2c(c1)CC(=O)N2C. The average molecular weight is 267 g/mol. The fraction of sp³-hybridized carbons (Fsp3) is 0.250. The third-order valence-electron chi connectivity index (χ3n) is 3.84. The van der Waals surface area contributed by atoms with E-state index in [2.05, 4.69) is 22.4 Å². The van der Waals surface area contributed by atoms with Crippen molar-refractivity contribution < 1.29 is 4.79 Å². The first-order valence-corrected chi connectivity index (χ1v) is 6.67. The Bertz CT molecular complexity index is 639. The van der Waals surface area contributed by atoms with E-state index in [1.54, 1.807) is 17.3 Å². The molecule has 1 atom stereocenters. The number of fused-ring (bicyclic) bond motifs is 1. The maximum atomic E-state index is 11.8. The van der Waals surface area contributed by atoms with Gasteiger partial charge in [-0.1, -0.05) is 12.1 Å². The number of hydrogen-bond donors (Lipinski definition) is 1. The van der Waals surface area contributed by atoms with Gasteiger partial charge in [0.05, 0.1) is 12.5 Å². The summed E-state index contributed by atoms with van der Waals surface area (Å²) in [7, 11) is 3.77. The number of nitrogens with zero attached hydrogens (tertiary/aromatic N) is 2. The summed E-state index contributed by atoms with van der Waals surface area (Å²) >= 11 is 0. The van der Waals surface area contributed by atoms with Gasteiger partial charge in [0.25, 0.3) is 0 Å². The van der Waals surface area contributed by atoms with Gasteiger partial charge >= 0.3 is 0 Å². The van der Waals surface area contributed by atoms with E-state index in [9.17, 15) is 4.79 Å². The van der Waals surface area contributed by atoms with Crippen LogP contribution in [-0.4, -0.2) is 25.0 Å². The molecule has 2 aromatic rings. The predicted octanol–water partition coefficient (Wildman–Crippen LogP) is 1.91. The molecule has 1 aliphatic heterocycles. The number of benzene rings is 1. The first kappa shape index (κ1) is 12.8. The molecule has 0 bridgehead atoms. The van der Waals surface area contributed by atoms with E-state index in [0.717, 1.165) is 11.3 Å². The number of rotatable bonds is 3. The fourth-order valence-corrected chi connectivity index (χ4v) is 2.75. The highest BCUT2D eigenvalue weighted by atomic mass is 16.2. The van der Waals surface area contributed by atoms with Crippen molar-refractivity contribution >= 4 is 11.6 Å². The zero-order valence-corrected chi connectivity index (χ0v) is 11.6. The molecule has 3 rings (SSSR count). The molecule has 0 aliphatic carbocycles. The molecule has 1 aliphatic rings. The van der Waals surface area contributed by atoms with Crippen molar-refractivity contribution in [3.8, 4) is 0 Å². The van der Waals surface area contributed by atoms with Crippen LogP contribution in [0.25, 0.3) is 0 Å². The molecule has 0 saturated carbocycles. The topological polar surface area (TPSA) is 45.2 Å². The lowest BCUT2D eigenvalue weighted by atomic mass is 9.97. The zero-order valence-electron chi connectivity index (χ0n) is 11.6. The Hall–Kier alpha value is -2.20. The number of hydrogen-bond acceptors (Lipinski definition) is 3. The molecule has 1 aromatic heterocycles. The molecular weight excluding hydrogens is 250 g/mol. The van der Waals surface area contributed by atoms with Gasteiger partial charge in [0.1, 0.15) is 0 Å². The molecule has 0 spiro atoms. The second-order valence-electron chi connectivity index (χ2n) is 5.02. The van der Waals surface area contributed by atoms with Crippen LogP contribution in [0.4, 0.5) is 5.69 Å². The Kier molecular flexibility index (Phi) is 3.24. The Balaban J connectivity index is 1.99. The number of aromatic nitrogens is 1. The fourth-order valence-electron chi connectivity index (χ4n) is 2.75. The summed E-state index contributed by atoms with van der Waals surface area (Å²) in [6.07, 6.45) is 4.08. The van der Waals surface area contributed by atoms with Crippen molar-refractivity contribution in [3.63, 3.8) is 0 Å². The molecule has 1 amide bonds. The normalized spacial score (nSPS) is 15.3. The lowest BCUT2D eigenvalue weighted by molar-refractivity contribution is -0.117. The van der Waals surface area contributed by atoms with Crippen LogP contribution >= 0.6 is 0 Å². The predicted molar refractivity (Wildman–Crippen MR) is 78.7 cm³/mol. The van der Waals surface area contributed by atoms with Crippen LogP contribution in [0, 0.1) is 0 Å². The highest BCUT2D eigenvalue weighted by Gasteiger charge is 2.25. The molecule has 0 fully saturated rings.